The molecule has 1 fully saturated rings. The standard InChI is InChI=1S/C19H21ClN2O/c20-12-9-10-17-15(11-12)18(14-7-4-8-16(14)22-17)19(23)21-13-5-2-1-3-6-13/h9-11,13H,1-8H2,(H,21,23). The van der Waals surface area contributed by atoms with Crippen molar-refractivity contribution in [1.29, 1.82) is 0 Å². The smallest absolute Gasteiger partial charge is 0.252 e. The highest BCUT2D eigenvalue weighted by Crippen LogP contribution is 2.31. The summed E-state index contributed by atoms with van der Waals surface area (Å²) in [5.74, 6) is 0.0599. The summed E-state index contributed by atoms with van der Waals surface area (Å²) in [6, 6.07) is 5.98. The van der Waals surface area contributed by atoms with Gasteiger partial charge in [0, 0.05) is 22.1 Å². The van der Waals surface area contributed by atoms with Crippen molar-refractivity contribution in [1.82, 2.24) is 10.3 Å². The van der Waals surface area contributed by atoms with E-state index in [1.54, 1.807) is 0 Å². The number of carbonyl (C=O) groups is 1. The molecule has 0 spiro atoms. The van der Waals surface area contributed by atoms with E-state index in [4.69, 9.17) is 16.6 Å². The van der Waals surface area contributed by atoms with Crippen LogP contribution in [0, 0.1) is 0 Å². The fraction of sp³-hybridized carbons (Fsp3) is 0.474. The molecule has 1 aromatic heterocycles. The molecule has 0 unspecified atom stereocenters. The minimum absolute atomic E-state index is 0.0599. The number of fused-ring (bicyclic) bond motifs is 2. The number of benzene rings is 1. The average Bonchev–Trinajstić information content (AvgIpc) is 3.01. The van der Waals surface area contributed by atoms with Crippen LogP contribution in [0.2, 0.25) is 5.02 Å². The Morgan fingerprint density at radius 3 is 2.78 bits per heavy atom. The van der Waals surface area contributed by atoms with E-state index in [0.717, 1.165) is 59.8 Å². The van der Waals surface area contributed by atoms with Crippen LogP contribution in [0.15, 0.2) is 18.2 Å². The van der Waals surface area contributed by atoms with E-state index in [0.29, 0.717) is 11.1 Å². The van der Waals surface area contributed by atoms with E-state index < -0.39 is 0 Å². The van der Waals surface area contributed by atoms with Gasteiger partial charge in [0.25, 0.3) is 5.91 Å². The molecule has 1 heterocycles. The molecule has 0 atom stereocenters. The van der Waals surface area contributed by atoms with Crippen molar-refractivity contribution in [3.63, 3.8) is 0 Å². The van der Waals surface area contributed by atoms with Crippen LogP contribution in [0.1, 0.15) is 60.1 Å². The normalized spacial score (nSPS) is 18.1. The van der Waals surface area contributed by atoms with Gasteiger partial charge in [-0.3, -0.25) is 9.78 Å². The molecule has 1 amide bonds. The SMILES string of the molecule is O=C(NC1CCCCC1)c1c2c(nc3ccc(Cl)cc13)CCC2. The van der Waals surface area contributed by atoms with E-state index in [-0.39, 0.29) is 5.91 Å². The van der Waals surface area contributed by atoms with Crippen molar-refractivity contribution < 1.29 is 4.79 Å². The Morgan fingerprint density at radius 2 is 1.96 bits per heavy atom. The maximum absolute atomic E-state index is 13.0. The summed E-state index contributed by atoms with van der Waals surface area (Å²) in [6.45, 7) is 0. The van der Waals surface area contributed by atoms with E-state index >= 15 is 0 Å². The van der Waals surface area contributed by atoms with Gasteiger partial charge in [0.05, 0.1) is 11.1 Å². The van der Waals surface area contributed by atoms with Gasteiger partial charge >= 0.3 is 0 Å². The number of rotatable bonds is 2. The van der Waals surface area contributed by atoms with Gasteiger partial charge in [-0.05, 0) is 55.9 Å². The average molecular weight is 329 g/mol. The molecule has 23 heavy (non-hydrogen) atoms. The summed E-state index contributed by atoms with van der Waals surface area (Å²) in [4.78, 5) is 17.8. The van der Waals surface area contributed by atoms with Gasteiger partial charge < -0.3 is 5.32 Å². The lowest BCUT2D eigenvalue weighted by atomic mass is 9.94. The Kier molecular flexibility index (Phi) is 3.98. The highest BCUT2D eigenvalue weighted by molar-refractivity contribution is 6.31. The molecule has 1 aromatic carbocycles. The number of aryl methyl sites for hydroxylation is 1. The molecular weight excluding hydrogens is 308 g/mol. The van der Waals surface area contributed by atoms with Crippen LogP contribution in [0.3, 0.4) is 0 Å². The summed E-state index contributed by atoms with van der Waals surface area (Å²) in [6.07, 6.45) is 8.90. The summed E-state index contributed by atoms with van der Waals surface area (Å²) in [7, 11) is 0. The molecule has 0 saturated heterocycles. The molecule has 0 bridgehead atoms. The minimum atomic E-state index is 0.0599. The predicted molar refractivity (Wildman–Crippen MR) is 93.1 cm³/mol. The molecular formula is C19H21ClN2O. The van der Waals surface area contributed by atoms with Gasteiger partial charge in [-0.1, -0.05) is 30.9 Å². The molecule has 4 heteroatoms. The Bertz CT molecular complexity index is 766. The molecule has 2 aliphatic rings. The lowest BCUT2D eigenvalue weighted by molar-refractivity contribution is 0.0928. The molecule has 3 nitrogen and oxygen atoms in total. The summed E-state index contributed by atoms with van der Waals surface area (Å²) < 4.78 is 0. The van der Waals surface area contributed by atoms with Crippen LogP contribution in [-0.2, 0) is 12.8 Å². The van der Waals surface area contributed by atoms with Crippen LogP contribution in [0.25, 0.3) is 10.9 Å². The number of nitrogens with one attached hydrogen (secondary N) is 1. The zero-order valence-corrected chi connectivity index (χ0v) is 14.0. The van der Waals surface area contributed by atoms with Gasteiger partial charge in [-0.25, -0.2) is 0 Å². The Morgan fingerprint density at radius 1 is 1.13 bits per heavy atom. The number of carbonyl (C=O) groups excluding carboxylic acids is 1. The second kappa shape index (κ2) is 6.12. The third-order valence-electron chi connectivity index (χ3n) is 5.14. The molecule has 2 aromatic rings. The summed E-state index contributed by atoms with van der Waals surface area (Å²) in [5.41, 5.74) is 3.92. The quantitative estimate of drug-likeness (QED) is 0.885. The first-order valence-electron chi connectivity index (χ1n) is 8.64. The van der Waals surface area contributed by atoms with Crippen molar-refractivity contribution >= 4 is 28.4 Å². The summed E-state index contributed by atoms with van der Waals surface area (Å²) in [5, 5.41) is 4.82. The topological polar surface area (TPSA) is 42.0 Å². The highest BCUT2D eigenvalue weighted by Gasteiger charge is 2.25. The van der Waals surface area contributed by atoms with E-state index in [2.05, 4.69) is 5.32 Å². The third-order valence-corrected chi connectivity index (χ3v) is 5.38. The molecule has 4 rings (SSSR count). The largest absolute Gasteiger partial charge is 0.349 e. The van der Waals surface area contributed by atoms with Gasteiger partial charge in [0.2, 0.25) is 0 Å². The molecule has 0 radical (unpaired) electrons. The lowest BCUT2D eigenvalue weighted by Gasteiger charge is -2.23. The van der Waals surface area contributed by atoms with Crippen molar-refractivity contribution in [3.05, 3.63) is 40.0 Å². The second-order valence-electron chi connectivity index (χ2n) is 6.74. The van der Waals surface area contributed by atoms with Crippen molar-refractivity contribution in [2.75, 3.05) is 0 Å². The first-order chi connectivity index (χ1) is 11.2. The molecule has 0 aliphatic heterocycles. The predicted octanol–water partition coefficient (Wildman–Crippen LogP) is 4.44. The number of hydrogen-bond acceptors (Lipinski definition) is 2. The molecule has 1 saturated carbocycles. The van der Waals surface area contributed by atoms with Crippen LogP contribution in [-0.4, -0.2) is 16.9 Å². The maximum Gasteiger partial charge on any atom is 0.252 e. The van der Waals surface area contributed by atoms with Gasteiger partial charge in [-0.2, -0.15) is 0 Å². The van der Waals surface area contributed by atoms with Crippen LogP contribution in [0.5, 0.6) is 0 Å². The highest BCUT2D eigenvalue weighted by atomic mass is 35.5. The second-order valence-corrected chi connectivity index (χ2v) is 7.17. The number of nitrogens with zero attached hydrogens (tertiary/aromatic N) is 1. The third kappa shape index (κ3) is 2.83. The van der Waals surface area contributed by atoms with Crippen LogP contribution in [0.4, 0.5) is 0 Å². The Labute approximate surface area is 141 Å². The van der Waals surface area contributed by atoms with E-state index in [1.165, 1.54) is 19.3 Å². The first kappa shape index (κ1) is 14.9. The number of amides is 1. The van der Waals surface area contributed by atoms with Crippen LogP contribution >= 0.6 is 11.6 Å². The molecule has 1 N–H and O–H groups in total. The number of hydrogen-bond donors (Lipinski definition) is 1. The van der Waals surface area contributed by atoms with Crippen molar-refractivity contribution in [2.24, 2.45) is 0 Å². The fourth-order valence-corrected chi connectivity index (χ4v) is 4.17. The Hall–Kier alpha value is -1.61. The van der Waals surface area contributed by atoms with E-state index in [9.17, 15) is 4.79 Å². The van der Waals surface area contributed by atoms with Gasteiger partial charge in [0.15, 0.2) is 0 Å². The van der Waals surface area contributed by atoms with Crippen LogP contribution < -0.4 is 5.32 Å². The maximum atomic E-state index is 13.0. The number of pyridine rings is 1. The monoisotopic (exact) mass is 328 g/mol. The number of aromatic nitrogens is 1. The molecule has 2 aliphatic carbocycles. The summed E-state index contributed by atoms with van der Waals surface area (Å²) >= 11 is 6.18. The Balaban J connectivity index is 1.77. The first-order valence-corrected chi connectivity index (χ1v) is 9.02. The zero-order valence-electron chi connectivity index (χ0n) is 13.2. The van der Waals surface area contributed by atoms with E-state index in [1.807, 2.05) is 18.2 Å². The van der Waals surface area contributed by atoms with Gasteiger partial charge in [0.1, 0.15) is 0 Å². The number of halogens is 1. The minimum Gasteiger partial charge on any atom is -0.349 e. The van der Waals surface area contributed by atoms with Gasteiger partial charge in [-0.15, -0.1) is 0 Å². The fourth-order valence-electron chi connectivity index (χ4n) is 4.00. The van der Waals surface area contributed by atoms with Crippen molar-refractivity contribution in [2.45, 2.75) is 57.4 Å². The molecule has 120 valence electrons. The van der Waals surface area contributed by atoms with Crippen molar-refractivity contribution in [3.8, 4) is 0 Å². The zero-order chi connectivity index (χ0) is 15.8. The lowest BCUT2D eigenvalue weighted by Crippen LogP contribution is -2.36.